The number of sulfonamides is 1. The predicted octanol–water partition coefficient (Wildman–Crippen LogP) is 5.02. The monoisotopic (exact) mass is 444 g/mol. The standard InChI is InChI=1S/C22H21ClN2O4S/c1-14-4-5-16(22(26)24-20-11-6-17(23)12-15(20)2)13-21(14)30(27,28)25-18-7-9-19(29-3)10-8-18/h4-13,25H,1-3H3,(H,24,26). The summed E-state index contributed by atoms with van der Waals surface area (Å²) in [5, 5.41) is 3.36. The van der Waals surface area contributed by atoms with Crippen LogP contribution in [-0.4, -0.2) is 21.4 Å². The van der Waals surface area contributed by atoms with Gasteiger partial charge in [0.15, 0.2) is 0 Å². The van der Waals surface area contributed by atoms with E-state index in [4.69, 9.17) is 16.3 Å². The number of hydrogen-bond acceptors (Lipinski definition) is 4. The summed E-state index contributed by atoms with van der Waals surface area (Å²) >= 11 is 5.95. The normalized spacial score (nSPS) is 11.1. The lowest BCUT2D eigenvalue weighted by atomic mass is 10.1. The number of methoxy groups -OCH3 is 1. The summed E-state index contributed by atoms with van der Waals surface area (Å²) in [6.45, 7) is 3.50. The first-order valence-electron chi connectivity index (χ1n) is 9.04. The lowest BCUT2D eigenvalue weighted by molar-refractivity contribution is 0.102. The van der Waals surface area contributed by atoms with E-state index in [1.165, 1.54) is 13.2 Å². The first-order valence-corrected chi connectivity index (χ1v) is 10.9. The Hall–Kier alpha value is -3.03. The fourth-order valence-corrected chi connectivity index (χ4v) is 4.42. The highest BCUT2D eigenvalue weighted by Crippen LogP contribution is 2.24. The Morgan fingerprint density at radius 3 is 2.27 bits per heavy atom. The van der Waals surface area contributed by atoms with Crippen molar-refractivity contribution < 1.29 is 17.9 Å². The minimum Gasteiger partial charge on any atom is -0.497 e. The van der Waals surface area contributed by atoms with Gasteiger partial charge in [-0.2, -0.15) is 0 Å². The minimum atomic E-state index is -3.89. The lowest BCUT2D eigenvalue weighted by Crippen LogP contribution is -2.17. The Morgan fingerprint density at radius 2 is 1.63 bits per heavy atom. The molecular formula is C22H21ClN2O4S. The van der Waals surface area contributed by atoms with E-state index in [1.54, 1.807) is 61.5 Å². The molecule has 0 radical (unpaired) electrons. The molecule has 0 spiro atoms. The van der Waals surface area contributed by atoms with Crippen LogP contribution in [0.25, 0.3) is 0 Å². The first kappa shape index (κ1) is 21.7. The fraction of sp³-hybridized carbons (Fsp3) is 0.136. The highest BCUT2D eigenvalue weighted by atomic mass is 35.5. The predicted molar refractivity (Wildman–Crippen MR) is 119 cm³/mol. The first-order chi connectivity index (χ1) is 14.2. The fourth-order valence-electron chi connectivity index (χ4n) is 2.86. The van der Waals surface area contributed by atoms with Crippen LogP contribution in [0.3, 0.4) is 0 Å². The lowest BCUT2D eigenvalue weighted by Gasteiger charge is -2.13. The van der Waals surface area contributed by atoms with E-state index in [0.29, 0.717) is 27.7 Å². The Labute approximate surface area is 180 Å². The maximum absolute atomic E-state index is 12.9. The van der Waals surface area contributed by atoms with Crippen molar-refractivity contribution in [1.82, 2.24) is 0 Å². The average molecular weight is 445 g/mol. The second-order valence-corrected chi connectivity index (χ2v) is 8.81. The third-order valence-corrected chi connectivity index (χ3v) is 6.28. The Balaban J connectivity index is 1.86. The molecule has 0 saturated carbocycles. The molecule has 6 nitrogen and oxygen atoms in total. The number of halogens is 1. The maximum atomic E-state index is 12.9. The molecule has 3 aromatic carbocycles. The molecule has 2 N–H and O–H groups in total. The number of benzene rings is 3. The molecule has 156 valence electrons. The van der Waals surface area contributed by atoms with Crippen molar-refractivity contribution in [3.63, 3.8) is 0 Å². The summed E-state index contributed by atoms with van der Waals surface area (Å²) in [5.74, 6) is 0.201. The van der Waals surface area contributed by atoms with Crippen LogP contribution in [0.4, 0.5) is 11.4 Å². The number of rotatable bonds is 6. The van der Waals surface area contributed by atoms with E-state index >= 15 is 0 Å². The molecule has 0 heterocycles. The van der Waals surface area contributed by atoms with Crippen LogP contribution in [0.1, 0.15) is 21.5 Å². The van der Waals surface area contributed by atoms with Crippen LogP contribution in [0, 0.1) is 13.8 Å². The summed E-state index contributed by atoms with van der Waals surface area (Å²) < 4.78 is 33.4. The molecule has 0 unspecified atom stereocenters. The average Bonchev–Trinajstić information content (AvgIpc) is 2.70. The number of aryl methyl sites for hydroxylation is 2. The van der Waals surface area contributed by atoms with Crippen LogP contribution < -0.4 is 14.8 Å². The molecule has 8 heteroatoms. The van der Waals surface area contributed by atoms with Gasteiger partial charge in [0.05, 0.1) is 12.0 Å². The topological polar surface area (TPSA) is 84.5 Å². The van der Waals surface area contributed by atoms with Gasteiger partial charge in [-0.05, 0) is 79.6 Å². The van der Waals surface area contributed by atoms with E-state index in [-0.39, 0.29) is 10.5 Å². The Kier molecular flexibility index (Phi) is 6.34. The second-order valence-electron chi connectivity index (χ2n) is 6.73. The summed E-state index contributed by atoms with van der Waals surface area (Å²) in [5.41, 5.74) is 2.55. The van der Waals surface area contributed by atoms with Crippen molar-refractivity contribution in [3.8, 4) is 5.75 Å². The van der Waals surface area contributed by atoms with E-state index < -0.39 is 15.9 Å². The third kappa shape index (κ3) is 4.93. The molecule has 1 amide bonds. The van der Waals surface area contributed by atoms with Gasteiger partial charge in [-0.3, -0.25) is 9.52 Å². The highest BCUT2D eigenvalue weighted by molar-refractivity contribution is 7.92. The number of nitrogens with one attached hydrogen (secondary N) is 2. The van der Waals surface area contributed by atoms with E-state index in [1.807, 2.05) is 6.92 Å². The summed E-state index contributed by atoms with van der Waals surface area (Å²) in [7, 11) is -2.36. The van der Waals surface area contributed by atoms with Crippen molar-refractivity contribution in [3.05, 3.63) is 82.4 Å². The zero-order valence-electron chi connectivity index (χ0n) is 16.7. The molecular weight excluding hydrogens is 424 g/mol. The molecule has 0 aliphatic carbocycles. The second kappa shape index (κ2) is 8.77. The number of hydrogen-bond donors (Lipinski definition) is 2. The Morgan fingerprint density at radius 1 is 0.933 bits per heavy atom. The molecule has 0 aromatic heterocycles. The van der Waals surface area contributed by atoms with Crippen LogP contribution in [0.15, 0.2) is 65.6 Å². The Bertz CT molecular complexity index is 1190. The third-order valence-electron chi connectivity index (χ3n) is 4.52. The van der Waals surface area contributed by atoms with Crippen molar-refractivity contribution in [2.75, 3.05) is 17.1 Å². The number of carbonyl (C=O) groups excluding carboxylic acids is 1. The zero-order chi connectivity index (χ0) is 21.9. The van der Waals surface area contributed by atoms with Crippen LogP contribution in [-0.2, 0) is 10.0 Å². The van der Waals surface area contributed by atoms with E-state index in [2.05, 4.69) is 10.0 Å². The molecule has 0 bridgehead atoms. The van der Waals surface area contributed by atoms with Crippen molar-refractivity contribution in [2.45, 2.75) is 18.7 Å². The smallest absolute Gasteiger partial charge is 0.262 e. The maximum Gasteiger partial charge on any atom is 0.262 e. The summed E-state index contributed by atoms with van der Waals surface area (Å²) in [6.07, 6.45) is 0. The van der Waals surface area contributed by atoms with Crippen LogP contribution in [0.2, 0.25) is 5.02 Å². The summed E-state index contributed by atoms with van der Waals surface area (Å²) in [4.78, 5) is 12.7. The summed E-state index contributed by atoms with van der Waals surface area (Å²) in [6, 6.07) is 16.2. The molecule has 3 rings (SSSR count). The van der Waals surface area contributed by atoms with Crippen molar-refractivity contribution >= 4 is 38.9 Å². The van der Waals surface area contributed by atoms with Gasteiger partial charge in [-0.1, -0.05) is 17.7 Å². The molecule has 0 atom stereocenters. The van der Waals surface area contributed by atoms with Gasteiger partial charge in [0, 0.05) is 22.0 Å². The minimum absolute atomic E-state index is 0.0267. The molecule has 0 fully saturated rings. The number of amides is 1. The molecule has 3 aromatic rings. The van der Waals surface area contributed by atoms with Gasteiger partial charge < -0.3 is 10.1 Å². The number of ether oxygens (including phenoxy) is 1. The van der Waals surface area contributed by atoms with Crippen molar-refractivity contribution in [2.24, 2.45) is 0 Å². The van der Waals surface area contributed by atoms with Crippen molar-refractivity contribution in [1.29, 1.82) is 0 Å². The van der Waals surface area contributed by atoms with Gasteiger partial charge in [0.25, 0.3) is 15.9 Å². The van der Waals surface area contributed by atoms with E-state index in [9.17, 15) is 13.2 Å². The number of carbonyl (C=O) groups is 1. The SMILES string of the molecule is COc1ccc(NS(=O)(=O)c2cc(C(=O)Nc3ccc(Cl)cc3C)ccc2C)cc1. The highest BCUT2D eigenvalue weighted by Gasteiger charge is 2.20. The van der Waals surface area contributed by atoms with Gasteiger partial charge in [-0.25, -0.2) is 8.42 Å². The van der Waals surface area contributed by atoms with E-state index in [0.717, 1.165) is 5.56 Å². The largest absolute Gasteiger partial charge is 0.497 e. The van der Waals surface area contributed by atoms with Gasteiger partial charge in [-0.15, -0.1) is 0 Å². The van der Waals surface area contributed by atoms with Gasteiger partial charge in [0.2, 0.25) is 0 Å². The molecule has 0 aliphatic rings. The quantitative estimate of drug-likeness (QED) is 0.559. The van der Waals surface area contributed by atoms with Gasteiger partial charge in [0.1, 0.15) is 5.75 Å². The van der Waals surface area contributed by atoms with Crippen LogP contribution >= 0.6 is 11.6 Å². The molecule has 0 aliphatic heterocycles. The zero-order valence-corrected chi connectivity index (χ0v) is 18.3. The van der Waals surface area contributed by atoms with Gasteiger partial charge >= 0.3 is 0 Å². The molecule has 30 heavy (non-hydrogen) atoms. The number of anilines is 2. The molecule has 0 saturated heterocycles. The van der Waals surface area contributed by atoms with Crippen LogP contribution in [0.5, 0.6) is 5.75 Å².